The van der Waals surface area contributed by atoms with Crippen LogP contribution < -0.4 is 4.74 Å². The SMILES string of the molecule is N#Cc1cc(F)cc(COC(=O)/C=C/c2ccc(Oc3cccnc3)c(F)c2)c1. The first kappa shape index (κ1) is 19.7. The molecular formula is C22H14F2N2O3. The minimum atomic E-state index is -0.691. The minimum absolute atomic E-state index is 0.0251. The highest BCUT2D eigenvalue weighted by molar-refractivity contribution is 5.87. The Bertz CT molecular complexity index is 1090. The van der Waals surface area contributed by atoms with Crippen molar-refractivity contribution in [3.63, 3.8) is 0 Å². The summed E-state index contributed by atoms with van der Waals surface area (Å²) >= 11 is 0. The molecule has 0 aliphatic carbocycles. The second kappa shape index (κ2) is 9.24. The molecule has 1 aromatic heterocycles. The quantitative estimate of drug-likeness (QED) is 0.446. The van der Waals surface area contributed by atoms with E-state index in [4.69, 9.17) is 14.7 Å². The Kier molecular flexibility index (Phi) is 6.28. The maximum atomic E-state index is 14.2. The summed E-state index contributed by atoms with van der Waals surface area (Å²) < 4.78 is 38.0. The summed E-state index contributed by atoms with van der Waals surface area (Å²) in [5, 5.41) is 8.82. The van der Waals surface area contributed by atoms with Gasteiger partial charge in [-0.1, -0.05) is 6.07 Å². The van der Waals surface area contributed by atoms with Crippen molar-refractivity contribution in [2.24, 2.45) is 0 Å². The van der Waals surface area contributed by atoms with E-state index < -0.39 is 17.6 Å². The van der Waals surface area contributed by atoms with Crippen LogP contribution >= 0.6 is 0 Å². The van der Waals surface area contributed by atoms with Crippen LogP contribution in [0.5, 0.6) is 11.5 Å². The van der Waals surface area contributed by atoms with Crippen LogP contribution in [0.3, 0.4) is 0 Å². The van der Waals surface area contributed by atoms with Crippen molar-refractivity contribution in [3.05, 3.63) is 95.3 Å². The number of esters is 1. The number of carbonyl (C=O) groups is 1. The van der Waals surface area contributed by atoms with Crippen LogP contribution in [0.4, 0.5) is 8.78 Å². The summed E-state index contributed by atoms with van der Waals surface area (Å²) in [7, 11) is 0. The number of hydrogen-bond acceptors (Lipinski definition) is 5. The number of pyridine rings is 1. The van der Waals surface area contributed by atoms with Gasteiger partial charge in [-0.05, 0) is 59.7 Å². The van der Waals surface area contributed by atoms with Crippen molar-refractivity contribution in [1.82, 2.24) is 4.98 Å². The van der Waals surface area contributed by atoms with E-state index in [1.807, 2.05) is 6.07 Å². The largest absolute Gasteiger partial charge is 0.458 e. The van der Waals surface area contributed by atoms with Gasteiger partial charge in [0.1, 0.15) is 18.2 Å². The zero-order valence-electron chi connectivity index (χ0n) is 15.0. The highest BCUT2D eigenvalue weighted by Gasteiger charge is 2.07. The zero-order chi connectivity index (χ0) is 20.6. The number of hydrogen-bond donors (Lipinski definition) is 0. The molecule has 0 aliphatic rings. The fraction of sp³-hybridized carbons (Fsp3) is 0.0455. The number of nitriles is 1. The molecule has 0 unspecified atom stereocenters. The van der Waals surface area contributed by atoms with Crippen molar-refractivity contribution >= 4 is 12.0 Å². The third kappa shape index (κ3) is 5.71. The molecule has 0 bridgehead atoms. The molecule has 0 saturated carbocycles. The summed E-state index contributed by atoms with van der Waals surface area (Å²) in [5.74, 6) is -1.46. The summed E-state index contributed by atoms with van der Waals surface area (Å²) in [6.45, 7) is -0.193. The highest BCUT2D eigenvalue weighted by Crippen LogP contribution is 2.24. The van der Waals surface area contributed by atoms with Crippen molar-refractivity contribution < 1.29 is 23.0 Å². The Morgan fingerprint density at radius 3 is 2.76 bits per heavy atom. The van der Waals surface area contributed by atoms with Gasteiger partial charge in [0.2, 0.25) is 0 Å². The molecular weight excluding hydrogens is 378 g/mol. The molecule has 5 nitrogen and oxygen atoms in total. The summed E-state index contributed by atoms with van der Waals surface area (Å²) in [6, 6.07) is 13.0. The minimum Gasteiger partial charge on any atom is -0.458 e. The molecule has 0 N–H and O–H groups in total. The molecule has 3 rings (SSSR count). The average Bonchev–Trinajstić information content (AvgIpc) is 2.73. The van der Waals surface area contributed by atoms with Gasteiger partial charge >= 0.3 is 5.97 Å². The van der Waals surface area contributed by atoms with Gasteiger partial charge in [-0.15, -0.1) is 0 Å². The Morgan fingerprint density at radius 1 is 1.17 bits per heavy atom. The van der Waals surface area contributed by atoms with Gasteiger partial charge in [0.15, 0.2) is 11.6 Å². The van der Waals surface area contributed by atoms with E-state index in [-0.39, 0.29) is 17.9 Å². The van der Waals surface area contributed by atoms with Crippen LogP contribution in [0, 0.1) is 23.0 Å². The normalized spacial score (nSPS) is 10.5. The van der Waals surface area contributed by atoms with Crippen LogP contribution in [-0.2, 0) is 16.1 Å². The number of ether oxygens (including phenoxy) is 2. The van der Waals surface area contributed by atoms with Gasteiger partial charge in [0, 0.05) is 12.3 Å². The predicted octanol–water partition coefficient (Wildman–Crippen LogP) is 4.78. The Labute approximate surface area is 165 Å². The highest BCUT2D eigenvalue weighted by atomic mass is 19.1. The van der Waals surface area contributed by atoms with E-state index in [0.717, 1.165) is 12.1 Å². The summed E-state index contributed by atoms with van der Waals surface area (Å²) in [6.07, 6.45) is 5.54. The number of rotatable bonds is 6. The molecule has 144 valence electrons. The van der Waals surface area contributed by atoms with Crippen LogP contribution in [0.2, 0.25) is 0 Å². The number of carbonyl (C=O) groups excluding carboxylic acids is 1. The molecule has 0 atom stereocenters. The Hall–Kier alpha value is -4.05. The lowest BCUT2D eigenvalue weighted by atomic mass is 10.1. The van der Waals surface area contributed by atoms with Crippen LogP contribution in [0.1, 0.15) is 16.7 Å². The van der Waals surface area contributed by atoms with Gasteiger partial charge in [-0.3, -0.25) is 4.98 Å². The van der Waals surface area contributed by atoms with Crippen LogP contribution in [-0.4, -0.2) is 11.0 Å². The third-order valence-electron chi connectivity index (χ3n) is 3.70. The first-order valence-corrected chi connectivity index (χ1v) is 8.45. The molecule has 1 heterocycles. The lowest BCUT2D eigenvalue weighted by Gasteiger charge is -2.06. The molecule has 2 aromatic carbocycles. The van der Waals surface area contributed by atoms with Crippen molar-refractivity contribution in [2.75, 3.05) is 0 Å². The molecule has 0 saturated heterocycles. The fourth-order valence-corrected chi connectivity index (χ4v) is 2.40. The number of aromatic nitrogens is 1. The van der Waals surface area contributed by atoms with Gasteiger partial charge < -0.3 is 9.47 Å². The lowest BCUT2D eigenvalue weighted by Crippen LogP contribution is -2.01. The molecule has 0 aliphatic heterocycles. The van der Waals surface area contributed by atoms with E-state index in [2.05, 4.69) is 4.98 Å². The Balaban J connectivity index is 1.59. The van der Waals surface area contributed by atoms with E-state index in [9.17, 15) is 13.6 Å². The molecule has 0 spiro atoms. The standard InChI is InChI=1S/C22H14F2N2O3/c23-18-9-16(12-25)8-17(10-18)14-28-22(27)6-4-15-3-5-21(20(24)11-15)29-19-2-1-7-26-13-19/h1-11,13H,14H2/b6-4+. The van der Waals surface area contributed by atoms with Gasteiger partial charge in [0.25, 0.3) is 0 Å². The van der Waals surface area contributed by atoms with Crippen molar-refractivity contribution in [3.8, 4) is 17.6 Å². The fourth-order valence-electron chi connectivity index (χ4n) is 2.40. The average molecular weight is 392 g/mol. The Morgan fingerprint density at radius 2 is 2.03 bits per heavy atom. The van der Waals surface area contributed by atoms with E-state index >= 15 is 0 Å². The topological polar surface area (TPSA) is 72.2 Å². The second-order valence-electron chi connectivity index (χ2n) is 5.88. The monoisotopic (exact) mass is 392 g/mol. The number of halogens is 2. The van der Waals surface area contributed by atoms with E-state index in [1.165, 1.54) is 36.5 Å². The van der Waals surface area contributed by atoms with Crippen molar-refractivity contribution in [1.29, 1.82) is 5.26 Å². The predicted molar refractivity (Wildman–Crippen MR) is 101 cm³/mol. The van der Waals surface area contributed by atoms with Gasteiger partial charge in [-0.2, -0.15) is 5.26 Å². The summed E-state index contributed by atoms with van der Waals surface area (Å²) in [4.78, 5) is 15.7. The van der Waals surface area contributed by atoms with E-state index in [0.29, 0.717) is 16.9 Å². The molecule has 29 heavy (non-hydrogen) atoms. The molecule has 7 heteroatoms. The summed E-state index contributed by atoms with van der Waals surface area (Å²) in [5.41, 5.74) is 0.914. The first-order chi connectivity index (χ1) is 14.0. The second-order valence-corrected chi connectivity index (χ2v) is 5.88. The number of benzene rings is 2. The van der Waals surface area contributed by atoms with Gasteiger partial charge in [-0.25, -0.2) is 13.6 Å². The lowest BCUT2D eigenvalue weighted by molar-refractivity contribution is -0.138. The molecule has 0 amide bonds. The van der Waals surface area contributed by atoms with E-state index in [1.54, 1.807) is 24.4 Å². The zero-order valence-corrected chi connectivity index (χ0v) is 15.0. The van der Waals surface area contributed by atoms with Gasteiger partial charge in [0.05, 0.1) is 17.8 Å². The maximum Gasteiger partial charge on any atom is 0.331 e. The number of nitrogens with zero attached hydrogens (tertiary/aromatic N) is 2. The molecule has 0 radical (unpaired) electrons. The smallest absolute Gasteiger partial charge is 0.331 e. The first-order valence-electron chi connectivity index (χ1n) is 8.45. The third-order valence-corrected chi connectivity index (χ3v) is 3.70. The van der Waals surface area contributed by atoms with Crippen LogP contribution in [0.15, 0.2) is 67.0 Å². The van der Waals surface area contributed by atoms with Crippen molar-refractivity contribution in [2.45, 2.75) is 6.61 Å². The molecule has 3 aromatic rings. The van der Waals surface area contributed by atoms with Crippen LogP contribution in [0.25, 0.3) is 6.08 Å². The molecule has 0 fully saturated rings. The maximum absolute atomic E-state index is 14.2.